The summed E-state index contributed by atoms with van der Waals surface area (Å²) in [5.74, 6) is 0. The quantitative estimate of drug-likeness (QED) is 0.835. The van der Waals surface area contributed by atoms with E-state index in [1.54, 1.807) is 4.90 Å². The molecule has 2 rings (SSSR count). The van der Waals surface area contributed by atoms with Crippen LogP contribution in [0.2, 0.25) is 0 Å². The third-order valence-electron chi connectivity index (χ3n) is 2.90. The fraction of sp³-hybridized carbons (Fsp3) is 0.417. The Balaban J connectivity index is 2.21. The molecule has 2 amide bonds. The van der Waals surface area contributed by atoms with Gasteiger partial charge in [0.15, 0.2) is 0 Å². The topological polar surface area (TPSA) is 49.6 Å². The summed E-state index contributed by atoms with van der Waals surface area (Å²) in [7, 11) is 1.82. The first-order valence-corrected chi connectivity index (χ1v) is 5.54. The summed E-state index contributed by atoms with van der Waals surface area (Å²) in [4.78, 5) is 15.6. The van der Waals surface area contributed by atoms with Crippen molar-refractivity contribution >= 4 is 11.7 Å². The molecule has 0 radical (unpaired) electrons. The van der Waals surface area contributed by atoms with E-state index in [0.29, 0.717) is 13.1 Å². The van der Waals surface area contributed by atoms with Gasteiger partial charge in [-0.3, -0.25) is 4.90 Å². The summed E-state index contributed by atoms with van der Waals surface area (Å²) >= 11 is 0. The molecule has 16 heavy (non-hydrogen) atoms. The molecule has 86 valence electrons. The fourth-order valence-corrected chi connectivity index (χ4v) is 2.02. The summed E-state index contributed by atoms with van der Waals surface area (Å²) in [6, 6.07) is 8.07. The molecule has 0 saturated carbocycles. The molecule has 1 aliphatic rings. The first-order valence-electron chi connectivity index (χ1n) is 5.54. The maximum atomic E-state index is 12.0. The number of rotatable bonds is 3. The van der Waals surface area contributed by atoms with Gasteiger partial charge >= 0.3 is 6.03 Å². The van der Waals surface area contributed by atoms with Gasteiger partial charge in [-0.15, -0.1) is 0 Å². The SMILES string of the molecule is CN1C(=O)N(CCCN)Cc2ccccc21. The van der Waals surface area contributed by atoms with Crippen LogP contribution in [0.15, 0.2) is 24.3 Å². The number of nitrogens with zero attached hydrogens (tertiary/aromatic N) is 2. The number of benzene rings is 1. The largest absolute Gasteiger partial charge is 0.330 e. The number of fused-ring (bicyclic) bond motifs is 1. The van der Waals surface area contributed by atoms with E-state index in [9.17, 15) is 4.79 Å². The zero-order valence-electron chi connectivity index (χ0n) is 9.52. The van der Waals surface area contributed by atoms with Crippen LogP contribution in [0.1, 0.15) is 12.0 Å². The molecule has 0 saturated heterocycles. The molecule has 2 N–H and O–H groups in total. The van der Waals surface area contributed by atoms with Crippen LogP contribution in [-0.4, -0.2) is 31.1 Å². The molecule has 4 nitrogen and oxygen atoms in total. The number of carbonyl (C=O) groups excluding carboxylic acids is 1. The van der Waals surface area contributed by atoms with Crippen molar-refractivity contribution in [2.24, 2.45) is 5.73 Å². The first kappa shape index (κ1) is 11.0. The molecule has 0 fully saturated rings. The molecule has 0 atom stereocenters. The van der Waals surface area contributed by atoms with Crippen LogP contribution in [0.5, 0.6) is 0 Å². The van der Waals surface area contributed by atoms with Gasteiger partial charge in [-0.25, -0.2) is 4.79 Å². The Morgan fingerprint density at radius 1 is 1.38 bits per heavy atom. The minimum atomic E-state index is 0.0622. The summed E-state index contributed by atoms with van der Waals surface area (Å²) in [6.07, 6.45) is 0.849. The van der Waals surface area contributed by atoms with Crippen LogP contribution < -0.4 is 10.6 Å². The maximum Gasteiger partial charge on any atom is 0.324 e. The normalized spacial score (nSPS) is 15.2. The molecule has 4 heteroatoms. The highest BCUT2D eigenvalue weighted by atomic mass is 16.2. The summed E-state index contributed by atoms with van der Waals surface area (Å²) in [6.45, 7) is 2.04. The lowest BCUT2D eigenvalue weighted by Gasteiger charge is -2.34. The van der Waals surface area contributed by atoms with E-state index in [4.69, 9.17) is 5.73 Å². The van der Waals surface area contributed by atoms with Gasteiger partial charge in [-0.2, -0.15) is 0 Å². The van der Waals surface area contributed by atoms with Gasteiger partial charge < -0.3 is 10.6 Å². The zero-order chi connectivity index (χ0) is 11.5. The second-order valence-electron chi connectivity index (χ2n) is 4.03. The van der Waals surface area contributed by atoms with E-state index in [0.717, 1.165) is 18.7 Å². The number of para-hydroxylation sites is 1. The number of amides is 2. The van der Waals surface area contributed by atoms with Crippen molar-refractivity contribution in [2.45, 2.75) is 13.0 Å². The van der Waals surface area contributed by atoms with Gasteiger partial charge in [0.2, 0.25) is 0 Å². The summed E-state index contributed by atoms with van der Waals surface area (Å²) in [5, 5.41) is 0. The van der Waals surface area contributed by atoms with Gasteiger partial charge in [0.25, 0.3) is 0 Å². The molecule has 0 spiro atoms. The van der Waals surface area contributed by atoms with Crippen molar-refractivity contribution < 1.29 is 4.79 Å². The van der Waals surface area contributed by atoms with E-state index >= 15 is 0 Å². The van der Waals surface area contributed by atoms with Crippen LogP contribution >= 0.6 is 0 Å². The van der Waals surface area contributed by atoms with Gasteiger partial charge in [0, 0.05) is 20.1 Å². The van der Waals surface area contributed by atoms with Crippen LogP contribution in [0.4, 0.5) is 10.5 Å². The van der Waals surface area contributed by atoms with E-state index in [1.807, 2.05) is 30.1 Å². The Kier molecular flexibility index (Phi) is 3.10. The summed E-state index contributed by atoms with van der Waals surface area (Å²) in [5.41, 5.74) is 7.68. The third-order valence-corrected chi connectivity index (χ3v) is 2.90. The highest BCUT2D eigenvalue weighted by molar-refractivity contribution is 5.94. The van der Waals surface area contributed by atoms with Crippen molar-refractivity contribution in [3.05, 3.63) is 29.8 Å². The van der Waals surface area contributed by atoms with Crippen LogP contribution in [0.25, 0.3) is 0 Å². The lowest BCUT2D eigenvalue weighted by molar-refractivity contribution is 0.199. The standard InChI is InChI=1S/C12H17N3O/c1-14-11-6-3-2-5-10(11)9-15(12(14)16)8-4-7-13/h2-3,5-6H,4,7-9,13H2,1H3. The number of hydrogen-bond donors (Lipinski definition) is 1. The average molecular weight is 219 g/mol. The molecular formula is C12H17N3O. The molecule has 0 aliphatic carbocycles. The zero-order valence-corrected chi connectivity index (χ0v) is 9.52. The smallest absolute Gasteiger partial charge is 0.324 e. The number of urea groups is 1. The van der Waals surface area contributed by atoms with Gasteiger partial charge in [-0.1, -0.05) is 18.2 Å². The molecule has 1 aliphatic heterocycles. The van der Waals surface area contributed by atoms with E-state index in [2.05, 4.69) is 6.07 Å². The van der Waals surface area contributed by atoms with E-state index < -0.39 is 0 Å². The van der Waals surface area contributed by atoms with Gasteiger partial charge in [-0.05, 0) is 24.6 Å². The Hall–Kier alpha value is -1.55. The Labute approximate surface area is 95.6 Å². The lowest BCUT2D eigenvalue weighted by Crippen LogP contribution is -2.45. The summed E-state index contributed by atoms with van der Waals surface area (Å²) < 4.78 is 0. The Morgan fingerprint density at radius 2 is 2.12 bits per heavy atom. The molecule has 0 aromatic heterocycles. The number of hydrogen-bond acceptors (Lipinski definition) is 2. The number of nitrogens with two attached hydrogens (primary N) is 1. The van der Waals surface area contributed by atoms with Crippen LogP contribution in [0.3, 0.4) is 0 Å². The predicted octanol–water partition coefficient (Wildman–Crippen LogP) is 1.41. The monoisotopic (exact) mass is 219 g/mol. The highest BCUT2D eigenvalue weighted by Gasteiger charge is 2.26. The number of carbonyl (C=O) groups is 1. The van der Waals surface area contributed by atoms with Crippen molar-refractivity contribution in [3.63, 3.8) is 0 Å². The van der Waals surface area contributed by atoms with Crippen molar-refractivity contribution in [1.82, 2.24) is 4.90 Å². The van der Waals surface area contributed by atoms with Gasteiger partial charge in [0.05, 0.1) is 5.69 Å². The second-order valence-corrected chi connectivity index (χ2v) is 4.03. The molecule has 1 heterocycles. The minimum absolute atomic E-state index is 0.0622. The molecule has 0 unspecified atom stereocenters. The second kappa shape index (κ2) is 4.53. The van der Waals surface area contributed by atoms with Crippen LogP contribution in [0, 0.1) is 0 Å². The molecule has 0 bridgehead atoms. The van der Waals surface area contributed by atoms with Gasteiger partial charge in [0.1, 0.15) is 0 Å². The van der Waals surface area contributed by atoms with Crippen molar-refractivity contribution in [1.29, 1.82) is 0 Å². The number of anilines is 1. The highest BCUT2D eigenvalue weighted by Crippen LogP contribution is 2.26. The molecular weight excluding hydrogens is 202 g/mol. The molecule has 1 aromatic carbocycles. The van der Waals surface area contributed by atoms with Crippen molar-refractivity contribution in [2.75, 3.05) is 25.0 Å². The first-order chi connectivity index (χ1) is 7.74. The maximum absolute atomic E-state index is 12.0. The van der Waals surface area contributed by atoms with E-state index in [-0.39, 0.29) is 6.03 Å². The van der Waals surface area contributed by atoms with Crippen molar-refractivity contribution in [3.8, 4) is 0 Å². The van der Waals surface area contributed by atoms with Crippen LogP contribution in [-0.2, 0) is 6.54 Å². The molecule has 1 aromatic rings. The Morgan fingerprint density at radius 3 is 2.88 bits per heavy atom. The van der Waals surface area contributed by atoms with E-state index in [1.165, 1.54) is 5.56 Å². The minimum Gasteiger partial charge on any atom is -0.330 e. The fourth-order valence-electron chi connectivity index (χ4n) is 2.02. The third kappa shape index (κ3) is 1.88. The predicted molar refractivity (Wildman–Crippen MR) is 64.3 cm³/mol. The lowest BCUT2D eigenvalue weighted by atomic mass is 10.1. The Bertz CT molecular complexity index is 392. The average Bonchev–Trinajstić information content (AvgIpc) is 2.32.